The Kier molecular flexibility index (Phi) is 4.15. The molecule has 0 amide bonds. The van der Waals surface area contributed by atoms with E-state index in [0.717, 1.165) is 50.2 Å². The van der Waals surface area contributed by atoms with E-state index in [0.29, 0.717) is 0 Å². The summed E-state index contributed by atoms with van der Waals surface area (Å²) in [6.07, 6.45) is 4.98. The van der Waals surface area contributed by atoms with Gasteiger partial charge in [-0.15, -0.1) is 0 Å². The third-order valence-electron chi connectivity index (χ3n) is 4.47. The lowest BCUT2D eigenvalue weighted by molar-refractivity contribution is -0.0539. The first kappa shape index (κ1) is 14.1. The van der Waals surface area contributed by atoms with Gasteiger partial charge < -0.3 is 14.5 Å². The fourth-order valence-electron chi connectivity index (χ4n) is 2.96. The van der Waals surface area contributed by atoms with E-state index in [4.69, 9.17) is 9.15 Å². The van der Waals surface area contributed by atoms with Gasteiger partial charge in [0.1, 0.15) is 11.5 Å². The summed E-state index contributed by atoms with van der Waals surface area (Å²) in [7, 11) is 1.82. The Labute approximate surface area is 121 Å². The molecule has 3 rings (SSSR count). The van der Waals surface area contributed by atoms with Crippen LogP contribution >= 0.6 is 0 Å². The first-order valence-corrected chi connectivity index (χ1v) is 7.75. The molecule has 1 N–H and O–H groups in total. The van der Waals surface area contributed by atoms with Crippen LogP contribution in [0.5, 0.6) is 0 Å². The van der Waals surface area contributed by atoms with Gasteiger partial charge in [-0.25, -0.2) is 0 Å². The zero-order valence-corrected chi connectivity index (χ0v) is 12.7. The third kappa shape index (κ3) is 3.62. The molecular formula is C16H26N2O2. The van der Waals surface area contributed by atoms with Crippen LogP contribution in [0.3, 0.4) is 0 Å². The molecule has 1 aliphatic carbocycles. The van der Waals surface area contributed by atoms with Gasteiger partial charge in [-0.1, -0.05) is 0 Å². The molecular weight excluding hydrogens is 252 g/mol. The predicted octanol–water partition coefficient (Wildman–Crippen LogP) is 2.53. The second-order valence-electron chi connectivity index (χ2n) is 6.49. The zero-order valence-electron chi connectivity index (χ0n) is 12.7. The molecule has 2 fully saturated rings. The highest BCUT2D eigenvalue weighted by Gasteiger charge is 2.31. The number of nitrogens with one attached hydrogen (secondary N) is 1. The molecule has 2 aliphatic rings. The van der Waals surface area contributed by atoms with Gasteiger partial charge in [0.05, 0.1) is 18.7 Å². The molecule has 4 nitrogen and oxygen atoms in total. The van der Waals surface area contributed by atoms with E-state index in [9.17, 15) is 0 Å². The Bertz CT molecular complexity index is 441. The first-order valence-electron chi connectivity index (χ1n) is 7.75. The Balaban J connectivity index is 1.51. The summed E-state index contributed by atoms with van der Waals surface area (Å²) in [5.41, 5.74) is 0.00119. The predicted molar refractivity (Wildman–Crippen MR) is 78.5 cm³/mol. The van der Waals surface area contributed by atoms with Crippen molar-refractivity contribution in [2.75, 3.05) is 20.2 Å². The molecule has 1 atom stereocenters. The molecule has 0 aromatic carbocycles. The molecule has 1 aromatic heterocycles. The molecule has 112 valence electrons. The standard InChI is InChI=1S/C16H26N2O2/c1-16(19-2)8-3-9-18(12-16)11-15-7-6-14(20-15)10-17-13-4-5-13/h6-7,13,17H,3-5,8-12H2,1-2H3. The fraction of sp³-hybridized carbons (Fsp3) is 0.750. The molecule has 0 bridgehead atoms. The SMILES string of the molecule is COC1(C)CCCN(Cc2ccc(CNC3CC3)o2)C1. The lowest BCUT2D eigenvalue weighted by Gasteiger charge is -2.39. The van der Waals surface area contributed by atoms with Crippen molar-refractivity contribution in [3.05, 3.63) is 23.7 Å². The van der Waals surface area contributed by atoms with Gasteiger partial charge in [0.15, 0.2) is 0 Å². The average molecular weight is 278 g/mol. The van der Waals surface area contributed by atoms with E-state index in [-0.39, 0.29) is 5.60 Å². The summed E-state index contributed by atoms with van der Waals surface area (Å²) in [5.74, 6) is 2.12. The van der Waals surface area contributed by atoms with Crippen LogP contribution < -0.4 is 5.32 Å². The second kappa shape index (κ2) is 5.88. The van der Waals surface area contributed by atoms with Crippen molar-refractivity contribution in [3.8, 4) is 0 Å². The monoisotopic (exact) mass is 278 g/mol. The lowest BCUT2D eigenvalue weighted by atomic mass is 9.95. The number of hydrogen-bond donors (Lipinski definition) is 1. The van der Waals surface area contributed by atoms with Crippen LogP contribution in [0.2, 0.25) is 0 Å². The van der Waals surface area contributed by atoms with Gasteiger partial charge in [0, 0.05) is 19.7 Å². The van der Waals surface area contributed by atoms with Gasteiger partial charge in [-0.05, 0) is 51.3 Å². The molecule has 0 radical (unpaired) electrons. The number of likely N-dealkylation sites (tertiary alicyclic amines) is 1. The Morgan fingerprint density at radius 3 is 2.95 bits per heavy atom. The van der Waals surface area contributed by atoms with Crippen molar-refractivity contribution in [2.45, 2.75) is 57.3 Å². The van der Waals surface area contributed by atoms with Gasteiger partial charge in [-0.3, -0.25) is 4.90 Å². The van der Waals surface area contributed by atoms with Crippen LogP contribution in [0.1, 0.15) is 44.1 Å². The fourth-order valence-corrected chi connectivity index (χ4v) is 2.96. The number of ether oxygens (including phenoxy) is 1. The normalized spacial score (nSPS) is 27.9. The van der Waals surface area contributed by atoms with E-state index >= 15 is 0 Å². The number of piperidine rings is 1. The molecule has 1 saturated heterocycles. The summed E-state index contributed by atoms with van der Waals surface area (Å²) in [5, 5.41) is 3.48. The lowest BCUT2D eigenvalue weighted by Crippen LogP contribution is -2.46. The maximum absolute atomic E-state index is 5.92. The zero-order chi connectivity index (χ0) is 14.0. The Morgan fingerprint density at radius 1 is 1.40 bits per heavy atom. The van der Waals surface area contributed by atoms with Gasteiger partial charge in [-0.2, -0.15) is 0 Å². The number of furan rings is 1. The van der Waals surface area contributed by atoms with Crippen molar-refractivity contribution in [3.63, 3.8) is 0 Å². The number of hydrogen-bond acceptors (Lipinski definition) is 4. The highest BCUT2D eigenvalue weighted by atomic mass is 16.5. The highest BCUT2D eigenvalue weighted by Crippen LogP contribution is 2.25. The summed E-state index contributed by atoms with van der Waals surface area (Å²) in [6, 6.07) is 4.94. The van der Waals surface area contributed by atoms with Crippen molar-refractivity contribution in [2.24, 2.45) is 0 Å². The number of methoxy groups -OCH3 is 1. The van der Waals surface area contributed by atoms with E-state index in [1.807, 2.05) is 7.11 Å². The van der Waals surface area contributed by atoms with Crippen molar-refractivity contribution in [1.82, 2.24) is 10.2 Å². The van der Waals surface area contributed by atoms with Crippen LogP contribution in [0, 0.1) is 0 Å². The molecule has 1 unspecified atom stereocenters. The molecule has 4 heteroatoms. The van der Waals surface area contributed by atoms with Crippen LogP contribution in [0.4, 0.5) is 0 Å². The largest absolute Gasteiger partial charge is 0.463 e. The van der Waals surface area contributed by atoms with Crippen LogP contribution in [0.25, 0.3) is 0 Å². The van der Waals surface area contributed by atoms with E-state index in [1.165, 1.54) is 19.3 Å². The van der Waals surface area contributed by atoms with Gasteiger partial charge in [0.25, 0.3) is 0 Å². The van der Waals surface area contributed by atoms with E-state index in [1.54, 1.807) is 0 Å². The summed E-state index contributed by atoms with van der Waals surface area (Å²) >= 11 is 0. The summed E-state index contributed by atoms with van der Waals surface area (Å²) in [4.78, 5) is 2.43. The van der Waals surface area contributed by atoms with Crippen molar-refractivity contribution < 1.29 is 9.15 Å². The molecule has 2 heterocycles. The topological polar surface area (TPSA) is 37.6 Å². The van der Waals surface area contributed by atoms with Crippen molar-refractivity contribution in [1.29, 1.82) is 0 Å². The Hall–Kier alpha value is -0.840. The maximum Gasteiger partial charge on any atom is 0.118 e. The third-order valence-corrected chi connectivity index (χ3v) is 4.47. The number of rotatable bonds is 6. The summed E-state index contributed by atoms with van der Waals surface area (Å²) < 4.78 is 11.6. The quantitative estimate of drug-likeness (QED) is 0.868. The molecule has 1 saturated carbocycles. The van der Waals surface area contributed by atoms with E-state index in [2.05, 4.69) is 29.3 Å². The molecule has 0 spiro atoms. The molecule has 1 aromatic rings. The average Bonchev–Trinajstić information content (AvgIpc) is 3.17. The molecule has 1 aliphatic heterocycles. The maximum atomic E-state index is 5.92. The van der Waals surface area contributed by atoms with E-state index < -0.39 is 0 Å². The summed E-state index contributed by atoms with van der Waals surface area (Å²) in [6.45, 7) is 6.07. The minimum atomic E-state index is 0.00119. The van der Waals surface area contributed by atoms with Gasteiger partial charge >= 0.3 is 0 Å². The van der Waals surface area contributed by atoms with Crippen LogP contribution in [0.15, 0.2) is 16.5 Å². The number of nitrogens with zero attached hydrogens (tertiary/aromatic N) is 1. The smallest absolute Gasteiger partial charge is 0.118 e. The molecule has 20 heavy (non-hydrogen) atoms. The van der Waals surface area contributed by atoms with Crippen LogP contribution in [-0.4, -0.2) is 36.7 Å². The van der Waals surface area contributed by atoms with Gasteiger partial charge in [0.2, 0.25) is 0 Å². The Morgan fingerprint density at radius 2 is 2.20 bits per heavy atom. The second-order valence-corrected chi connectivity index (χ2v) is 6.49. The van der Waals surface area contributed by atoms with Crippen molar-refractivity contribution >= 4 is 0 Å². The minimum Gasteiger partial charge on any atom is -0.463 e. The first-order chi connectivity index (χ1) is 9.67. The minimum absolute atomic E-state index is 0.00119. The van der Waals surface area contributed by atoms with Crippen LogP contribution in [-0.2, 0) is 17.8 Å². The highest BCUT2D eigenvalue weighted by molar-refractivity contribution is 5.08.